The van der Waals surface area contributed by atoms with E-state index in [0.29, 0.717) is 0 Å². The molecule has 1 heterocycles. The summed E-state index contributed by atoms with van der Waals surface area (Å²) >= 11 is 0. The molecule has 0 spiro atoms. The van der Waals surface area contributed by atoms with E-state index >= 15 is 0 Å². The lowest BCUT2D eigenvalue weighted by molar-refractivity contribution is -0.923. The average Bonchev–Trinajstić information content (AvgIpc) is 2.90. The topological polar surface area (TPSA) is 6.48 Å². The molecule has 34 heavy (non-hydrogen) atoms. The van der Waals surface area contributed by atoms with Crippen LogP contribution >= 0.6 is 0 Å². The third kappa shape index (κ3) is 5.44. The van der Waals surface area contributed by atoms with E-state index in [0.717, 1.165) is 13.1 Å². The molecule has 1 aliphatic heterocycles. The van der Waals surface area contributed by atoms with Crippen LogP contribution in [0.25, 0.3) is 0 Å². The molecule has 0 aromatic heterocycles. The first-order valence-electron chi connectivity index (χ1n) is 14.0. The van der Waals surface area contributed by atoms with Crippen LogP contribution in [0.15, 0.2) is 48.5 Å². The Bertz CT molecular complexity index is 749. The van der Waals surface area contributed by atoms with Crippen LogP contribution in [0.2, 0.25) is 0 Å². The highest BCUT2D eigenvalue weighted by Crippen LogP contribution is 2.47. The Labute approximate surface area is 210 Å². The zero-order valence-corrected chi connectivity index (χ0v) is 22.9. The molecule has 2 aromatic rings. The highest BCUT2D eigenvalue weighted by atomic mass is 15.4. The van der Waals surface area contributed by atoms with Crippen molar-refractivity contribution in [2.45, 2.75) is 54.4 Å². The van der Waals surface area contributed by atoms with Gasteiger partial charge < -0.3 is 18.8 Å². The maximum absolute atomic E-state index is 2.58. The summed E-state index contributed by atoms with van der Waals surface area (Å²) in [6.45, 7) is 26.1. The number of rotatable bonds is 14. The Morgan fingerprint density at radius 1 is 0.471 bits per heavy atom. The minimum atomic E-state index is 1.07. The smallest absolute Gasteiger partial charge is 0.0803 e. The van der Waals surface area contributed by atoms with Crippen molar-refractivity contribution in [3.8, 4) is 0 Å². The molecule has 4 nitrogen and oxygen atoms in total. The van der Waals surface area contributed by atoms with Gasteiger partial charge in [0, 0.05) is 25.9 Å². The summed E-state index contributed by atoms with van der Waals surface area (Å²) in [5.41, 5.74) is 5.47. The van der Waals surface area contributed by atoms with Crippen molar-refractivity contribution in [2.75, 3.05) is 75.2 Å². The number of anilines is 4. The molecule has 0 fully saturated rings. The van der Waals surface area contributed by atoms with Crippen LogP contribution in [-0.2, 0) is 0 Å². The van der Waals surface area contributed by atoms with Crippen molar-refractivity contribution in [3.05, 3.63) is 48.5 Å². The maximum Gasteiger partial charge on any atom is 0.0803 e. The van der Waals surface area contributed by atoms with Gasteiger partial charge in [0.15, 0.2) is 0 Å². The second-order valence-electron chi connectivity index (χ2n) is 10.0. The predicted molar refractivity (Wildman–Crippen MR) is 150 cm³/mol. The molecule has 0 bridgehead atoms. The van der Waals surface area contributed by atoms with Gasteiger partial charge in [-0.2, -0.15) is 0 Å². The first-order chi connectivity index (χ1) is 16.5. The van der Waals surface area contributed by atoms with Crippen LogP contribution < -0.4 is 9.80 Å². The van der Waals surface area contributed by atoms with Crippen molar-refractivity contribution in [3.63, 3.8) is 0 Å². The van der Waals surface area contributed by atoms with Crippen molar-refractivity contribution >= 4 is 22.7 Å². The first-order valence-corrected chi connectivity index (χ1v) is 14.0. The largest absolute Gasteiger partial charge is 0.338 e. The van der Waals surface area contributed by atoms with Crippen molar-refractivity contribution in [1.82, 2.24) is 0 Å². The third-order valence-electron chi connectivity index (χ3n) is 8.98. The second kappa shape index (κ2) is 12.1. The maximum atomic E-state index is 2.58. The summed E-state index contributed by atoms with van der Waals surface area (Å²) in [5, 5.41) is 0. The zero-order chi connectivity index (χ0) is 24.6. The molecule has 4 heteroatoms. The Morgan fingerprint density at radius 2 is 0.735 bits per heavy atom. The Kier molecular flexibility index (Phi) is 9.44. The van der Waals surface area contributed by atoms with E-state index in [1.54, 1.807) is 0 Å². The lowest BCUT2D eigenvalue weighted by Crippen LogP contribution is -2.49. The predicted octanol–water partition coefficient (Wildman–Crippen LogP) is 6.81. The van der Waals surface area contributed by atoms with E-state index < -0.39 is 0 Å². The fourth-order valence-corrected chi connectivity index (χ4v) is 6.00. The average molecular weight is 467 g/mol. The molecule has 0 N–H and O–H groups in total. The lowest BCUT2D eigenvalue weighted by atomic mass is 10.1. The summed E-state index contributed by atoms with van der Waals surface area (Å²) in [6.07, 6.45) is 2.42. The van der Waals surface area contributed by atoms with Crippen LogP contribution in [0.5, 0.6) is 0 Å². The van der Waals surface area contributed by atoms with Gasteiger partial charge in [0.25, 0.3) is 0 Å². The van der Waals surface area contributed by atoms with E-state index in [1.807, 2.05) is 0 Å². The second-order valence-corrected chi connectivity index (χ2v) is 10.0. The van der Waals surface area contributed by atoms with Gasteiger partial charge in [-0.3, -0.25) is 0 Å². The van der Waals surface area contributed by atoms with E-state index in [9.17, 15) is 0 Å². The van der Waals surface area contributed by atoms with Gasteiger partial charge in [-0.05, 0) is 65.8 Å². The fourth-order valence-electron chi connectivity index (χ4n) is 6.00. The summed E-state index contributed by atoms with van der Waals surface area (Å²) < 4.78 is 2.44. The van der Waals surface area contributed by atoms with Crippen LogP contribution in [0.3, 0.4) is 0 Å². The normalized spacial score (nSPS) is 13.7. The number of benzene rings is 2. The van der Waals surface area contributed by atoms with Gasteiger partial charge in [-0.15, -0.1) is 0 Å². The fraction of sp³-hybridized carbons (Fsp3) is 0.600. The Hall–Kier alpha value is -2.04. The minimum absolute atomic E-state index is 1.07. The lowest BCUT2D eigenvalue weighted by Gasteiger charge is -2.42. The monoisotopic (exact) mass is 466 g/mol. The van der Waals surface area contributed by atoms with Crippen LogP contribution in [-0.4, -0.2) is 74.4 Å². The molecule has 0 amide bonds. The van der Waals surface area contributed by atoms with Gasteiger partial charge in [0.05, 0.1) is 75.1 Å². The Balaban J connectivity index is 1.83. The van der Waals surface area contributed by atoms with Crippen molar-refractivity contribution in [1.29, 1.82) is 0 Å². The minimum Gasteiger partial charge on any atom is -0.338 e. The molecule has 0 saturated heterocycles. The van der Waals surface area contributed by atoms with Gasteiger partial charge in [-0.1, -0.05) is 24.3 Å². The van der Waals surface area contributed by atoms with Gasteiger partial charge >= 0.3 is 0 Å². The molecule has 0 atom stereocenters. The molecule has 0 radical (unpaired) electrons. The molecule has 188 valence electrons. The third-order valence-corrected chi connectivity index (χ3v) is 8.98. The van der Waals surface area contributed by atoms with E-state index in [-0.39, 0.29) is 0 Å². The van der Waals surface area contributed by atoms with Crippen molar-refractivity contribution in [2.24, 2.45) is 0 Å². The number of hydrogen-bond acceptors (Lipinski definition) is 2. The molecular formula is C30H50N4+2. The van der Waals surface area contributed by atoms with Gasteiger partial charge in [0.2, 0.25) is 0 Å². The van der Waals surface area contributed by atoms with Crippen LogP contribution in [0.4, 0.5) is 22.7 Å². The SMILES string of the molecule is CC[N+](CC)(CC)CCCN1c2ccccc2N(CCC[N+](CC)(CC)CC)c2ccccc21. The van der Waals surface area contributed by atoms with E-state index in [4.69, 9.17) is 0 Å². The number of hydrogen-bond donors (Lipinski definition) is 0. The van der Waals surface area contributed by atoms with E-state index in [2.05, 4.69) is 99.9 Å². The van der Waals surface area contributed by atoms with Crippen LogP contribution in [0.1, 0.15) is 54.4 Å². The Morgan fingerprint density at radius 3 is 0.971 bits per heavy atom. The molecule has 0 aliphatic carbocycles. The van der Waals surface area contributed by atoms with Crippen molar-refractivity contribution < 1.29 is 8.97 Å². The molecular weight excluding hydrogens is 416 g/mol. The molecule has 2 aromatic carbocycles. The van der Waals surface area contributed by atoms with Gasteiger partial charge in [0.1, 0.15) is 0 Å². The highest BCUT2D eigenvalue weighted by molar-refractivity contribution is 5.93. The first kappa shape index (κ1) is 26.6. The zero-order valence-electron chi connectivity index (χ0n) is 22.9. The summed E-state index contributed by atoms with van der Waals surface area (Å²) in [6, 6.07) is 18.1. The summed E-state index contributed by atoms with van der Waals surface area (Å²) in [5.74, 6) is 0. The molecule has 1 aliphatic rings. The molecule has 3 rings (SSSR count). The molecule has 0 saturated carbocycles. The van der Waals surface area contributed by atoms with Gasteiger partial charge in [-0.25, -0.2) is 0 Å². The number of fused-ring (bicyclic) bond motifs is 2. The highest BCUT2D eigenvalue weighted by Gasteiger charge is 2.29. The standard InChI is InChI=1S/C30H50N4/c1-7-33(8-2,9-3)25-17-23-31-27-19-13-15-21-29(27)32(30-22-16-14-20-28(30)31)24-18-26-34(10-4,11-5)12-6/h13-16,19-22H,7-12,17-18,23-26H2,1-6H3/q+2. The number of quaternary nitrogens is 2. The van der Waals surface area contributed by atoms with Crippen LogP contribution in [0, 0.1) is 0 Å². The quantitative estimate of drug-likeness (QED) is 0.282. The van der Waals surface area contributed by atoms with E-state index in [1.165, 1.54) is 96.9 Å². The summed E-state index contributed by atoms with van der Waals surface area (Å²) in [7, 11) is 0. The number of nitrogens with zero attached hydrogens (tertiary/aromatic N) is 4. The number of para-hydroxylation sites is 4. The molecule has 0 unspecified atom stereocenters. The summed E-state index contributed by atoms with van der Waals surface area (Å²) in [4.78, 5) is 5.17.